The number of benzene rings is 2. The minimum absolute atomic E-state index is 0.0132. The van der Waals surface area contributed by atoms with Crippen molar-refractivity contribution in [3.8, 4) is 11.5 Å². The summed E-state index contributed by atoms with van der Waals surface area (Å²) in [5, 5.41) is 27.9. The summed E-state index contributed by atoms with van der Waals surface area (Å²) in [7, 11) is -4.42. The van der Waals surface area contributed by atoms with Crippen molar-refractivity contribution < 1.29 is 23.2 Å². The second kappa shape index (κ2) is 5.87. The van der Waals surface area contributed by atoms with Gasteiger partial charge in [-0.1, -0.05) is 0 Å². The molecule has 0 unspecified atom stereocenters. The zero-order chi connectivity index (χ0) is 17.3. The molecule has 122 valence electrons. The minimum Gasteiger partial charge on any atom is -0.506 e. The second-order valence-electron chi connectivity index (χ2n) is 4.83. The Morgan fingerprint density at radius 3 is 2.38 bits per heavy atom. The molecule has 0 atom stereocenters. The maximum Gasteiger partial charge on any atom is 0.294 e. The van der Waals surface area contributed by atoms with Gasteiger partial charge >= 0.3 is 0 Å². The fraction of sp³-hybridized carbons (Fsp3) is 0. The molecule has 3 rings (SSSR count). The molecule has 0 aliphatic rings. The first kappa shape index (κ1) is 15.8. The summed E-state index contributed by atoms with van der Waals surface area (Å²) in [5.41, 5.74) is 0.577. The van der Waals surface area contributed by atoms with E-state index in [0.29, 0.717) is 16.6 Å². The van der Waals surface area contributed by atoms with E-state index >= 15 is 0 Å². The molecule has 0 saturated carbocycles. The van der Waals surface area contributed by atoms with Crippen LogP contribution in [0.2, 0.25) is 0 Å². The summed E-state index contributed by atoms with van der Waals surface area (Å²) in [6.45, 7) is 0. The van der Waals surface area contributed by atoms with Crippen LogP contribution in [0.4, 0.5) is 11.4 Å². The van der Waals surface area contributed by atoms with Crippen molar-refractivity contribution in [1.29, 1.82) is 0 Å². The highest BCUT2D eigenvalue weighted by atomic mass is 32.2. The van der Waals surface area contributed by atoms with Crippen LogP contribution in [0.3, 0.4) is 0 Å². The topological polar surface area (TPSA) is 132 Å². The van der Waals surface area contributed by atoms with E-state index in [0.717, 1.165) is 18.2 Å². The molecule has 9 heteroatoms. The molecule has 0 spiro atoms. The predicted molar refractivity (Wildman–Crippen MR) is 85.5 cm³/mol. The average molecular weight is 345 g/mol. The van der Waals surface area contributed by atoms with E-state index in [1.807, 2.05) is 0 Å². The number of fused-ring (bicyclic) bond motifs is 1. The number of phenols is 2. The lowest BCUT2D eigenvalue weighted by Gasteiger charge is -2.03. The standard InChI is InChI=1S/C15H11N3O5S/c19-13-5-3-9(24(21,22)23)8-12(13)18-17-11-4-6-14(20)15-10(11)2-1-7-16-15/h1-8,19-20H,(H,21,22,23). The number of nitrogens with zero attached hydrogens (tertiary/aromatic N) is 3. The first-order valence-corrected chi connectivity index (χ1v) is 8.09. The number of azo groups is 1. The number of hydrogen-bond acceptors (Lipinski definition) is 7. The van der Waals surface area contributed by atoms with Crippen LogP contribution >= 0.6 is 0 Å². The van der Waals surface area contributed by atoms with E-state index in [2.05, 4.69) is 15.2 Å². The normalized spacial score (nSPS) is 12.0. The molecule has 0 bridgehead atoms. The van der Waals surface area contributed by atoms with Gasteiger partial charge in [0.2, 0.25) is 0 Å². The molecule has 8 nitrogen and oxygen atoms in total. The fourth-order valence-electron chi connectivity index (χ4n) is 2.08. The lowest BCUT2D eigenvalue weighted by Crippen LogP contribution is -1.96. The fourth-order valence-corrected chi connectivity index (χ4v) is 2.58. The van der Waals surface area contributed by atoms with Crippen LogP contribution in [0.25, 0.3) is 10.9 Å². The summed E-state index contributed by atoms with van der Waals surface area (Å²) in [6.07, 6.45) is 1.52. The van der Waals surface area contributed by atoms with E-state index in [1.54, 1.807) is 12.1 Å². The zero-order valence-electron chi connectivity index (χ0n) is 12.0. The van der Waals surface area contributed by atoms with Crippen molar-refractivity contribution in [2.45, 2.75) is 4.90 Å². The first-order valence-electron chi connectivity index (χ1n) is 6.65. The van der Waals surface area contributed by atoms with Gasteiger partial charge in [-0.2, -0.15) is 8.42 Å². The maximum absolute atomic E-state index is 11.1. The molecule has 3 aromatic rings. The van der Waals surface area contributed by atoms with Gasteiger partial charge in [-0.15, -0.1) is 10.2 Å². The Bertz CT molecular complexity index is 1060. The van der Waals surface area contributed by atoms with Crippen LogP contribution in [0.5, 0.6) is 11.5 Å². The van der Waals surface area contributed by atoms with Gasteiger partial charge < -0.3 is 10.2 Å². The van der Waals surface area contributed by atoms with Crippen molar-refractivity contribution in [1.82, 2.24) is 4.98 Å². The summed E-state index contributed by atoms with van der Waals surface area (Å²) in [4.78, 5) is 3.64. The number of phenolic OH excluding ortho intramolecular Hbond substituents is 2. The molecule has 0 radical (unpaired) electrons. The predicted octanol–water partition coefficient (Wildman–Crippen LogP) is 3.31. The van der Waals surface area contributed by atoms with E-state index in [1.165, 1.54) is 18.3 Å². The van der Waals surface area contributed by atoms with Gasteiger partial charge in [0.15, 0.2) is 0 Å². The van der Waals surface area contributed by atoms with Gasteiger partial charge in [0.25, 0.3) is 10.1 Å². The molecule has 24 heavy (non-hydrogen) atoms. The van der Waals surface area contributed by atoms with Gasteiger partial charge in [0.05, 0.1) is 10.6 Å². The zero-order valence-corrected chi connectivity index (χ0v) is 12.8. The summed E-state index contributed by atoms with van der Waals surface area (Å²) in [6, 6.07) is 9.39. The third kappa shape index (κ3) is 3.03. The molecule has 3 N–H and O–H groups in total. The molecule has 1 aromatic heterocycles. The van der Waals surface area contributed by atoms with Crippen LogP contribution in [0.15, 0.2) is 63.8 Å². The molecule has 0 saturated heterocycles. The van der Waals surface area contributed by atoms with E-state index in [4.69, 9.17) is 4.55 Å². The number of rotatable bonds is 3. The monoisotopic (exact) mass is 345 g/mol. The highest BCUT2D eigenvalue weighted by Gasteiger charge is 2.12. The summed E-state index contributed by atoms with van der Waals surface area (Å²) < 4.78 is 31.3. The average Bonchev–Trinajstić information content (AvgIpc) is 2.55. The summed E-state index contributed by atoms with van der Waals surface area (Å²) in [5.74, 6) is -0.312. The summed E-state index contributed by atoms with van der Waals surface area (Å²) >= 11 is 0. The number of pyridine rings is 1. The van der Waals surface area contributed by atoms with Crippen molar-refractivity contribution >= 4 is 32.4 Å². The molecule has 2 aromatic carbocycles. The molecular weight excluding hydrogens is 334 g/mol. The van der Waals surface area contributed by atoms with Crippen LogP contribution in [0.1, 0.15) is 0 Å². The van der Waals surface area contributed by atoms with Crippen molar-refractivity contribution in [3.05, 3.63) is 48.7 Å². The highest BCUT2D eigenvalue weighted by molar-refractivity contribution is 7.85. The highest BCUT2D eigenvalue weighted by Crippen LogP contribution is 2.34. The van der Waals surface area contributed by atoms with Gasteiger partial charge in [0.1, 0.15) is 22.7 Å². The number of hydrogen-bond donors (Lipinski definition) is 3. The van der Waals surface area contributed by atoms with Gasteiger partial charge in [0, 0.05) is 11.6 Å². The van der Waals surface area contributed by atoms with Crippen LogP contribution in [0, 0.1) is 0 Å². The van der Waals surface area contributed by atoms with Crippen LogP contribution in [-0.2, 0) is 10.1 Å². The van der Waals surface area contributed by atoms with Crippen molar-refractivity contribution in [2.24, 2.45) is 10.2 Å². The second-order valence-corrected chi connectivity index (χ2v) is 6.25. The lowest BCUT2D eigenvalue weighted by atomic mass is 10.2. The Morgan fingerprint density at radius 1 is 0.917 bits per heavy atom. The van der Waals surface area contributed by atoms with Crippen molar-refractivity contribution in [3.63, 3.8) is 0 Å². The third-order valence-electron chi connectivity index (χ3n) is 3.24. The number of aromatic hydroxyl groups is 2. The maximum atomic E-state index is 11.1. The number of aromatic nitrogens is 1. The molecule has 0 aliphatic heterocycles. The van der Waals surface area contributed by atoms with E-state index in [9.17, 15) is 18.6 Å². The Balaban J connectivity index is 2.08. The van der Waals surface area contributed by atoms with E-state index < -0.39 is 15.0 Å². The van der Waals surface area contributed by atoms with Crippen LogP contribution < -0.4 is 0 Å². The molecular formula is C15H11N3O5S. The SMILES string of the molecule is O=S(=O)(O)c1ccc(O)c(N=Nc2ccc(O)c3ncccc23)c1. The van der Waals surface area contributed by atoms with E-state index in [-0.39, 0.29) is 17.2 Å². The van der Waals surface area contributed by atoms with Gasteiger partial charge in [-0.3, -0.25) is 9.54 Å². The Labute approximate surface area is 136 Å². The molecule has 1 heterocycles. The Kier molecular flexibility index (Phi) is 3.87. The Hall–Kier alpha value is -3.04. The van der Waals surface area contributed by atoms with Gasteiger partial charge in [-0.25, -0.2) is 0 Å². The van der Waals surface area contributed by atoms with Crippen molar-refractivity contribution in [2.75, 3.05) is 0 Å². The lowest BCUT2D eigenvalue weighted by molar-refractivity contribution is 0.473. The smallest absolute Gasteiger partial charge is 0.294 e. The quantitative estimate of drug-likeness (QED) is 0.493. The van der Waals surface area contributed by atoms with Crippen LogP contribution in [-0.4, -0.2) is 28.2 Å². The third-order valence-corrected chi connectivity index (χ3v) is 4.09. The van der Waals surface area contributed by atoms with Gasteiger partial charge in [-0.05, 0) is 42.5 Å². The minimum atomic E-state index is -4.42. The largest absolute Gasteiger partial charge is 0.506 e. The molecule has 0 aliphatic carbocycles. The first-order chi connectivity index (χ1) is 11.4. The Morgan fingerprint density at radius 2 is 1.62 bits per heavy atom. The molecule has 0 amide bonds. The molecule has 0 fully saturated rings.